The minimum atomic E-state index is -0.141. The Morgan fingerprint density at radius 1 is 1.12 bits per heavy atom. The molecule has 1 aromatic rings. The summed E-state index contributed by atoms with van der Waals surface area (Å²) >= 11 is 0. The van der Waals surface area contributed by atoms with Crippen LogP contribution in [0.25, 0.3) is 0 Å². The molecule has 16 heavy (non-hydrogen) atoms. The molecular formula is C14H20O2. The fourth-order valence-electron chi connectivity index (χ4n) is 2.00. The predicted molar refractivity (Wildman–Crippen MR) is 65.7 cm³/mol. The zero-order valence-electron chi connectivity index (χ0n) is 10.8. The van der Waals surface area contributed by atoms with Gasteiger partial charge in [-0.2, -0.15) is 0 Å². The molecule has 1 rings (SSSR count). The van der Waals surface area contributed by atoms with Gasteiger partial charge < -0.3 is 4.74 Å². The van der Waals surface area contributed by atoms with Crippen LogP contribution >= 0.6 is 0 Å². The van der Waals surface area contributed by atoms with Crippen LogP contribution < -0.4 is 0 Å². The van der Waals surface area contributed by atoms with Crippen LogP contribution in [0, 0.1) is 27.7 Å². The highest BCUT2D eigenvalue weighted by molar-refractivity contribution is 5.69. The summed E-state index contributed by atoms with van der Waals surface area (Å²) in [6, 6.07) is 2.20. The first-order valence-electron chi connectivity index (χ1n) is 5.60. The van der Waals surface area contributed by atoms with Gasteiger partial charge in [0, 0.05) is 6.42 Å². The summed E-state index contributed by atoms with van der Waals surface area (Å²) in [5.74, 6) is -0.141. The number of aryl methyl sites for hydroxylation is 2. The molecule has 0 saturated heterocycles. The Bertz CT molecular complexity index is 379. The summed E-state index contributed by atoms with van der Waals surface area (Å²) in [5, 5.41) is 0. The molecule has 0 N–H and O–H groups in total. The molecule has 88 valence electrons. The van der Waals surface area contributed by atoms with E-state index in [9.17, 15) is 4.79 Å². The molecule has 0 fully saturated rings. The molecule has 0 spiro atoms. The number of carbonyl (C=O) groups excluding carboxylic acids is 1. The van der Waals surface area contributed by atoms with Crippen LogP contribution in [0.3, 0.4) is 0 Å². The highest BCUT2D eigenvalue weighted by Crippen LogP contribution is 2.22. The van der Waals surface area contributed by atoms with E-state index in [1.807, 2.05) is 0 Å². The first kappa shape index (κ1) is 12.8. The topological polar surface area (TPSA) is 26.3 Å². The van der Waals surface area contributed by atoms with Crippen LogP contribution in [0.2, 0.25) is 0 Å². The highest BCUT2D eigenvalue weighted by Gasteiger charge is 2.10. The van der Waals surface area contributed by atoms with E-state index in [1.165, 1.54) is 34.9 Å². The molecular weight excluding hydrogens is 200 g/mol. The molecule has 2 heteroatoms. The molecule has 0 aromatic heterocycles. The summed E-state index contributed by atoms with van der Waals surface area (Å²) in [5.41, 5.74) is 6.48. The van der Waals surface area contributed by atoms with Gasteiger partial charge in [0.25, 0.3) is 0 Å². The van der Waals surface area contributed by atoms with Gasteiger partial charge >= 0.3 is 5.97 Å². The van der Waals surface area contributed by atoms with Crippen LogP contribution in [-0.2, 0) is 16.0 Å². The zero-order chi connectivity index (χ0) is 12.3. The van der Waals surface area contributed by atoms with E-state index in [1.54, 1.807) is 0 Å². The van der Waals surface area contributed by atoms with Crippen molar-refractivity contribution >= 4 is 5.97 Å². The van der Waals surface area contributed by atoms with Crippen molar-refractivity contribution in [3.8, 4) is 0 Å². The predicted octanol–water partition coefficient (Wildman–Crippen LogP) is 3.03. The van der Waals surface area contributed by atoms with E-state index < -0.39 is 0 Å². The Morgan fingerprint density at radius 2 is 1.62 bits per heavy atom. The zero-order valence-corrected chi connectivity index (χ0v) is 10.8. The van der Waals surface area contributed by atoms with E-state index in [4.69, 9.17) is 0 Å². The second-order valence-corrected chi connectivity index (χ2v) is 4.32. The van der Waals surface area contributed by atoms with Gasteiger partial charge in [-0.3, -0.25) is 4.79 Å². The minimum Gasteiger partial charge on any atom is -0.469 e. The van der Waals surface area contributed by atoms with Crippen molar-refractivity contribution in [2.75, 3.05) is 7.11 Å². The minimum absolute atomic E-state index is 0.141. The van der Waals surface area contributed by atoms with Crippen LogP contribution in [0.5, 0.6) is 0 Å². The molecule has 0 aliphatic heterocycles. The molecule has 0 heterocycles. The van der Waals surface area contributed by atoms with Crippen molar-refractivity contribution in [3.63, 3.8) is 0 Å². The summed E-state index contributed by atoms with van der Waals surface area (Å²) in [7, 11) is 1.43. The molecule has 0 aliphatic carbocycles. The number of benzene rings is 1. The number of hydrogen-bond donors (Lipinski definition) is 0. The van der Waals surface area contributed by atoms with Gasteiger partial charge in [0.2, 0.25) is 0 Å². The largest absolute Gasteiger partial charge is 0.469 e. The van der Waals surface area contributed by atoms with Gasteiger partial charge in [-0.15, -0.1) is 0 Å². The Morgan fingerprint density at radius 3 is 2.06 bits per heavy atom. The fourth-order valence-corrected chi connectivity index (χ4v) is 2.00. The Kier molecular flexibility index (Phi) is 4.11. The lowest BCUT2D eigenvalue weighted by Gasteiger charge is -2.14. The number of carbonyl (C=O) groups is 1. The Labute approximate surface area is 97.6 Å². The first-order valence-corrected chi connectivity index (χ1v) is 5.60. The summed E-state index contributed by atoms with van der Waals surface area (Å²) in [6.45, 7) is 8.47. The SMILES string of the molecule is COC(=O)CCc1c(C)c(C)cc(C)c1C. The van der Waals surface area contributed by atoms with Gasteiger partial charge in [-0.25, -0.2) is 0 Å². The van der Waals surface area contributed by atoms with Gasteiger partial charge in [0.15, 0.2) is 0 Å². The van der Waals surface area contributed by atoms with Gasteiger partial charge in [-0.05, 0) is 61.9 Å². The van der Waals surface area contributed by atoms with Crippen molar-refractivity contribution in [2.24, 2.45) is 0 Å². The van der Waals surface area contributed by atoms with Crippen molar-refractivity contribution in [2.45, 2.75) is 40.5 Å². The van der Waals surface area contributed by atoms with Crippen LogP contribution in [0.15, 0.2) is 6.07 Å². The third kappa shape index (κ3) is 2.63. The number of esters is 1. The van der Waals surface area contributed by atoms with E-state index in [2.05, 4.69) is 38.5 Å². The van der Waals surface area contributed by atoms with Gasteiger partial charge in [0.1, 0.15) is 0 Å². The van der Waals surface area contributed by atoms with E-state index in [0.717, 1.165) is 6.42 Å². The van der Waals surface area contributed by atoms with Crippen molar-refractivity contribution < 1.29 is 9.53 Å². The summed E-state index contributed by atoms with van der Waals surface area (Å²) in [6.07, 6.45) is 1.23. The number of rotatable bonds is 3. The van der Waals surface area contributed by atoms with Crippen LogP contribution in [0.1, 0.15) is 34.2 Å². The summed E-state index contributed by atoms with van der Waals surface area (Å²) < 4.78 is 4.67. The lowest BCUT2D eigenvalue weighted by molar-refractivity contribution is -0.140. The molecule has 0 aliphatic rings. The second-order valence-electron chi connectivity index (χ2n) is 4.32. The Hall–Kier alpha value is -1.31. The fraction of sp³-hybridized carbons (Fsp3) is 0.500. The lowest BCUT2D eigenvalue weighted by atomic mass is 9.91. The lowest BCUT2D eigenvalue weighted by Crippen LogP contribution is -2.05. The van der Waals surface area contributed by atoms with E-state index >= 15 is 0 Å². The molecule has 0 unspecified atom stereocenters. The van der Waals surface area contributed by atoms with Gasteiger partial charge in [-0.1, -0.05) is 6.07 Å². The maximum Gasteiger partial charge on any atom is 0.305 e. The smallest absolute Gasteiger partial charge is 0.305 e. The van der Waals surface area contributed by atoms with Crippen LogP contribution in [0.4, 0.5) is 0 Å². The number of hydrogen-bond acceptors (Lipinski definition) is 2. The quantitative estimate of drug-likeness (QED) is 0.732. The molecule has 0 saturated carbocycles. The van der Waals surface area contributed by atoms with Crippen molar-refractivity contribution in [3.05, 3.63) is 33.9 Å². The highest BCUT2D eigenvalue weighted by atomic mass is 16.5. The average Bonchev–Trinajstić information content (AvgIpc) is 2.26. The maximum absolute atomic E-state index is 11.2. The number of methoxy groups -OCH3 is 1. The monoisotopic (exact) mass is 220 g/mol. The molecule has 1 aromatic carbocycles. The summed E-state index contributed by atoms with van der Waals surface area (Å²) in [4.78, 5) is 11.2. The first-order chi connectivity index (χ1) is 7.47. The van der Waals surface area contributed by atoms with Gasteiger partial charge in [0.05, 0.1) is 7.11 Å². The van der Waals surface area contributed by atoms with Crippen molar-refractivity contribution in [1.82, 2.24) is 0 Å². The third-order valence-corrected chi connectivity index (χ3v) is 3.33. The molecule has 2 nitrogen and oxygen atoms in total. The molecule has 0 atom stereocenters. The molecule has 0 amide bonds. The maximum atomic E-state index is 11.2. The Balaban J connectivity index is 2.99. The number of ether oxygens (including phenoxy) is 1. The average molecular weight is 220 g/mol. The van der Waals surface area contributed by atoms with Crippen molar-refractivity contribution in [1.29, 1.82) is 0 Å². The second kappa shape index (κ2) is 5.15. The molecule has 0 bridgehead atoms. The van der Waals surface area contributed by atoms with Crippen LogP contribution in [-0.4, -0.2) is 13.1 Å². The third-order valence-electron chi connectivity index (χ3n) is 3.33. The standard InChI is InChI=1S/C14H20O2/c1-9-8-10(2)12(4)13(11(9)3)6-7-14(15)16-5/h8H,6-7H2,1-5H3. The molecule has 0 radical (unpaired) electrons. The van der Waals surface area contributed by atoms with E-state index in [0.29, 0.717) is 6.42 Å². The van der Waals surface area contributed by atoms with E-state index in [-0.39, 0.29) is 5.97 Å². The normalized spacial score (nSPS) is 10.3.